The number of benzene rings is 1. The van der Waals surface area contributed by atoms with Crippen LogP contribution in [0.25, 0.3) is 11.0 Å². The molecule has 0 saturated heterocycles. The molecule has 108 valence electrons. The summed E-state index contributed by atoms with van der Waals surface area (Å²) in [7, 11) is 1.91. The summed E-state index contributed by atoms with van der Waals surface area (Å²) in [6.07, 6.45) is 1.89. The lowest BCUT2D eigenvalue weighted by atomic mass is 10.1. The first-order chi connectivity index (χ1) is 10.0. The molecule has 1 aromatic carbocycles. The molecule has 0 aliphatic rings. The molecule has 0 fully saturated rings. The van der Waals surface area contributed by atoms with Crippen molar-refractivity contribution in [3.8, 4) is 0 Å². The highest BCUT2D eigenvalue weighted by Gasteiger charge is 2.07. The van der Waals surface area contributed by atoms with E-state index in [4.69, 9.17) is 11.6 Å². The quantitative estimate of drug-likeness (QED) is 0.799. The van der Waals surface area contributed by atoms with E-state index in [0.29, 0.717) is 6.54 Å². The van der Waals surface area contributed by atoms with Crippen molar-refractivity contribution in [2.45, 2.75) is 20.4 Å². The fourth-order valence-electron chi connectivity index (χ4n) is 2.43. The number of halogens is 1. The van der Waals surface area contributed by atoms with E-state index in [1.807, 2.05) is 43.0 Å². The van der Waals surface area contributed by atoms with E-state index in [2.05, 4.69) is 28.4 Å². The summed E-state index contributed by atoms with van der Waals surface area (Å²) in [5.74, 6) is 0. The third-order valence-corrected chi connectivity index (χ3v) is 3.84. The number of hydrogen-bond acceptors (Lipinski definition) is 3. The van der Waals surface area contributed by atoms with Gasteiger partial charge in [0.2, 0.25) is 0 Å². The number of fused-ring (bicyclic) bond motifs is 1. The second-order valence-corrected chi connectivity index (χ2v) is 5.67. The van der Waals surface area contributed by atoms with Gasteiger partial charge in [0, 0.05) is 35.9 Å². The summed E-state index contributed by atoms with van der Waals surface area (Å²) in [6, 6.07) is 7.99. The fourth-order valence-corrected chi connectivity index (χ4v) is 2.60. The van der Waals surface area contributed by atoms with E-state index < -0.39 is 0 Å². The van der Waals surface area contributed by atoms with Gasteiger partial charge in [-0.3, -0.25) is 4.68 Å². The number of nitrogens with one attached hydrogen (secondary N) is 1. The maximum Gasteiger partial charge on any atom is 0.157 e. The van der Waals surface area contributed by atoms with Crippen LogP contribution >= 0.6 is 11.6 Å². The van der Waals surface area contributed by atoms with Gasteiger partial charge in [-0.2, -0.15) is 5.10 Å². The molecule has 1 N–H and O–H groups in total. The Labute approximate surface area is 128 Å². The molecule has 0 radical (unpaired) electrons. The zero-order valence-electron chi connectivity index (χ0n) is 12.3. The van der Waals surface area contributed by atoms with Gasteiger partial charge in [0.1, 0.15) is 0 Å². The second kappa shape index (κ2) is 5.37. The van der Waals surface area contributed by atoms with Crippen LogP contribution in [0.3, 0.4) is 0 Å². The SMILES string of the molecule is Cc1ccc(Cl)cc1NCc1cnc2c(c1)c(C)nn2C. The molecule has 0 aliphatic heterocycles. The lowest BCUT2D eigenvalue weighted by molar-refractivity contribution is 0.773. The molecule has 0 aliphatic carbocycles. The summed E-state index contributed by atoms with van der Waals surface area (Å²) in [6.45, 7) is 4.77. The Morgan fingerprint density at radius 1 is 1.24 bits per heavy atom. The Balaban J connectivity index is 1.85. The molecule has 3 rings (SSSR count). The zero-order chi connectivity index (χ0) is 15.0. The van der Waals surface area contributed by atoms with Crippen LogP contribution in [0.15, 0.2) is 30.5 Å². The third-order valence-electron chi connectivity index (χ3n) is 3.60. The number of aromatic nitrogens is 3. The molecule has 5 heteroatoms. The van der Waals surface area contributed by atoms with E-state index in [1.165, 1.54) is 5.56 Å². The predicted molar refractivity (Wildman–Crippen MR) is 86.8 cm³/mol. The first-order valence-electron chi connectivity index (χ1n) is 6.83. The van der Waals surface area contributed by atoms with Crippen LogP contribution in [-0.4, -0.2) is 14.8 Å². The number of hydrogen-bond donors (Lipinski definition) is 1. The van der Waals surface area contributed by atoms with Crippen molar-refractivity contribution in [1.82, 2.24) is 14.8 Å². The first kappa shape index (κ1) is 13.9. The Morgan fingerprint density at radius 2 is 2.05 bits per heavy atom. The van der Waals surface area contributed by atoms with Gasteiger partial charge in [-0.25, -0.2) is 4.98 Å². The van der Waals surface area contributed by atoms with Crippen molar-refractivity contribution in [3.05, 3.63) is 52.3 Å². The molecule has 2 heterocycles. The van der Waals surface area contributed by atoms with Crippen molar-refractivity contribution in [3.63, 3.8) is 0 Å². The Kier molecular flexibility index (Phi) is 3.55. The molecule has 0 unspecified atom stereocenters. The topological polar surface area (TPSA) is 42.7 Å². The molecular formula is C16H17ClN4. The van der Waals surface area contributed by atoms with Gasteiger partial charge in [-0.05, 0) is 43.2 Å². The minimum atomic E-state index is 0.707. The fraction of sp³-hybridized carbons (Fsp3) is 0.250. The summed E-state index contributed by atoms with van der Waals surface area (Å²) in [5, 5.41) is 9.63. The van der Waals surface area contributed by atoms with Gasteiger partial charge in [0.15, 0.2) is 5.65 Å². The minimum Gasteiger partial charge on any atom is -0.381 e. The van der Waals surface area contributed by atoms with Gasteiger partial charge in [-0.15, -0.1) is 0 Å². The van der Waals surface area contributed by atoms with E-state index in [1.54, 1.807) is 0 Å². The largest absolute Gasteiger partial charge is 0.381 e. The van der Waals surface area contributed by atoms with Crippen LogP contribution in [0.4, 0.5) is 5.69 Å². The highest BCUT2D eigenvalue weighted by Crippen LogP contribution is 2.22. The average Bonchev–Trinajstić information content (AvgIpc) is 2.75. The lowest BCUT2D eigenvalue weighted by Gasteiger charge is -2.10. The molecule has 0 saturated carbocycles. The molecule has 0 spiro atoms. The monoisotopic (exact) mass is 300 g/mol. The number of rotatable bonds is 3. The third kappa shape index (κ3) is 2.72. The van der Waals surface area contributed by atoms with E-state index >= 15 is 0 Å². The maximum absolute atomic E-state index is 6.04. The van der Waals surface area contributed by atoms with E-state index in [0.717, 1.165) is 33.0 Å². The van der Waals surface area contributed by atoms with Crippen molar-refractivity contribution < 1.29 is 0 Å². The second-order valence-electron chi connectivity index (χ2n) is 5.24. The highest BCUT2D eigenvalue weighted by atomic mass is 35.5. The van der Waals surface area contributed by atoms with Gasteiger partial charge in [0.25, 0.3) is 0 Å². The van der Waals surface area contributed by atoms with Gasteiger partial charge >= 0.3 is 0 Å². The normalized spacial score (nSPS) is 11.0. The van der Waals surface area contributed by atoms with Crippen LogP contribution in [0.1, 0.15) is 16.8 Å². The molecule has 3 aromatic rings. The van der Waals surface area contributed by atoms with Crippen molar-refractivity contribution >= 4 is 28.3 Å². The summed E-state index contributed by atoms with van der Waals surface area (Å²) in [5.41, 5.74) is 5.26. The van der Waals surface area contributed by atoms with Gasteiger partial charge in [-0.1, -0.05) is 17.7 Å². The standard InChI is InChI=1S/C16H17ClN4/c1-10-4-5-13(17)7-15(10)18-8-12-6-14-11(2)20-21(3)16(14)19-9-12/h4-7,9,18H,8H2,1-3H3. The maximum atomic E-state index is 6.04. The van der Waals surface area contributed by atoms with Crippen LogP contribution in [0, 0.1) is 13.8 Å². The highest BCUT2D eigenvalue weighted by molar-refractivity contribution is 6.30. The minimum absolute atomic E-state index is 0.707. The molecule has 21 heavy (non-hydrogen) atoms. The van der Waals surface area contributed by atoms with Crippen molar-refractivity contribution in [1.29, 1.82) is 0 Å². The molecule has 4 nitrogen and oxygen atoms in total. The van der Waals surface area contributed by atoms with Crippen LogP contribution in [0.5, 0.6) is 0 Å². The van der Waals surface area contributed by atoms with Crippen LogP contribution in [-0.2, 0) is 13.6 Å². The smallest absolute Gasteiger partial charge is 0.157 e. The molecule has 0 amide bonds. The summed E-state index contributed by atoms with van der Waals surface area (Å²) in [4.78, 5) is 4.49. The summed E-state index contributed by atoms with van der Waals surface area (Å²) >= 11 is 6.04. The number of anilines is 1. The van der Waals surface area contributed by atoms with Gasteiger partial charge in [0.05, 0.1) is 5.69 Å². The van der Waals surface area contributed by atoms with Gasteiger partial charge < -0.3 is 5.32 Å². The number of pyridine rings is 1. The number of aryl methyl sites for hydroxylation is 3. The Hall–Kier alpha value is -2.07. The number of nitrogens with zero attached hydrogens (tertiary/aromatic N) is 3. The molecular weight excluding hydrogens is 284 g/mol. The van der Waals surface area contributed by atoms with Crippen molar-refractivity contribution in [2.75, 3.05) is 5.32 Å². The zero-order valence-corrected chi connectivity index (χ0v) is 13.1. The van der Waals surface area contributed by atoms with Crippen LogP contribution < -0.4 is 5.32 Å². The Bertz CT molecular complexity index is 807. The molecule has 0 bridgehead atoms. The first-order valence-corrected chi connectivity index (χ1v) is 7.20. The summed E-state index contributed by atoms with van der Waals surface area (Å²) < 4.78 is 1.81. The predicted octanol–water partition coefficient (Wildman–Crippen LogP) is 3.85. The van der Waals surface area contributed by atoms with Crippen molar-refractivity contribution in [2.24, 2.45) is 7.05 Å². The van der Waals surface area contributed by atoms with E-state index in [9.17, 15) is 0 Å². The molecule has 0 atom stereocenters. The molecule has 2 aromatic heterocycles. The van der Waals surface area contributed by atoms with Crippen LogP contribution in [0.2, 0.25) is 5.02 Å². The average molecular weight is 301 g/mol. The van der Waals surface area contributed by atoms with E-state index in [-0.39, 0.29) is 0 Å². The lowest BCUT2D eigenvalue weighted by Crippen LogP contribution is -2.02. The Morgan fingerprint density at radius 3 is 2.86 bits per heavy atom.